The summed E-state index contributed by atoms with van der Waals surface area (Å²) >= 11 is 3.49. The first-order valence-corrected chi connectivity index (χ1v) is 11.4. The molecule has 1 aromatic heterocycles. The van der Waals surface area contributed by atoms with Crippen LogP contribution in [0.5, 0.6) is 6.01 Å². The summed E-state index contributed by atoms with van der Waals surface area (Å²) in [6.45, 7) is 7.40. The smallest absolute Gasteiger partial charge is 0.410 e. The predicted molar refractivity (Wildman–Crippen MR) is 124 cm³/mol. The number of amides is 1. The molecular weight excluding hydrogens is 458 g/mol. The van der Waals surface area contributed by atoms with Crippen LogP contribution in [0.3, 0.4) is 0 Å². The molecule has 164 valence electrons. The molecule has 0 bridgehead atoms. The number of aromatic nitrogens is 2. The Labute approximate surface area is 191 Å². The van der Waals surface area contributed by atoms with E-state index in [1.54, 1.807) is 4.90 Å². The van der Waals surface area contributed by atoms with Crippen molar-refractivity contribution in [3.63, 3.8) is 0 Å². The summed E-state index contributed by atoms with van der Waals surface area (Å²) in [5, 5.41) is 0. The number of carbonyl (C=O) groups excluding carboxylic acids is 1. The Kier molecular flexibility index (Phi) is 6.23. The van der Waals surface area contributed by atoms with Gasteiger partial charge in [0.05, 0.1) is 23.6 Å². The minimum absolute atomic E-state index is 0.0178. The summed E-state index contributed by atoms with van der Waals surface area (Å²) in [5.41, 5.74) is 2.57. The number of likely N-dealkylation sites (tertiary alicyclic amines) is 1. The summed E-state index contributed by atoms with van der Waals surface area (Å²) in [6, 6.07) is 16.8. The van der Waals surface area contributed by atoms with Crippen molar-refractivity contribution in [2.45, 2.75) is 51.8 Å². The second-order valence-corrected chi connectivity index (χ2v) is 9.79. The number of ether oxygens (including phenoxy) is 2. The van der Waals surface area contributed by atoms with Gasteiger partial charge in [-0.3, -0.25) is 4.57 Å². The van der Waals surface area contributed by atoms with Crippen molar-refractivity contribution >= 4 is 33.1 Å². The van der Waals surface area contributed by atoms with Gasteiger partial charge in [0.2, 0.25) is 0 Å². The van der Waals surface area contributed by atoms with Crippen LogP contribution in [-0.4, -0.2) is 45.3 Å². The number of fused-ring (bicyclic) bond motifs is 1. The Morgan fingerprint density at radius 1 is 1.16 bits per heavy atom. The number of hydrogen-bond acceptors (Lipinski definition) is 4. The maximum absolute atomic E-state index is 12.6. The Hall–Kier alpha value is -2.54. The lowest BCUT2D eigenvalue weighted by molar-refractivity contribution is 0.0183. The first kappa shape index (κ1) is 21.7. The van der Waals surface area contributed by atoms with Crippen LogP contribution in [-0.2, 0) is 11.3 Å². The molecule has 6 nitrogen and oxygen atoms in total. The zero-order valence-electron chi connectivity index (χ0n) is 18.2. The highest BCUT2D eigenvalue weighted by molar-refractivity contribution is 9.10. The average molecular weight is 486 g/mol. The zero-order chi connectivity index (χ0) is 22.0. The summed E-state index contributed by atoms with van der Waals surface area (Å²) in [7, 11) is 0. The van der Waals surface area contributed by atoms with Crippen LogP contribution in [0.4, 0.5) is 4.79 Å². The van der Waals surface area contributed by atoms with Gasteiger partial charge in [0.15, 0.2) is 0 Å². The molecule has 4 rings (SSSR count). The molecule has 3 aromatic rings. The maximum Gasteiger partial charge on any atom is 0.410 e. The van der Waals surface area contributed by atoms with E-state index in [2.05, 4.69) is 38.7 Å². The molecule has 1 aliphatic heterocycles. The van der Waals surface area contributed by atoms with Gasteiger partial charge >= 0.3 is 6.09 Å². The molecule has 0 saturated carbocycles. The monoisotopic (exact) mass is 485 g/mol. The number of hydrogen-bond donors (Lipinski definition) is 0. The molecule has 0 aliphatic carbocycles. The molecule has 0 N–H and O–H groups in total. The Balaban J connectivity index is 1.53. The number of rotatable bonds is 5. The summed E-state index contributed by atoms with van der Waals surface area (Å²) < 4.78 is 14.9. The lowest BCUT2D eigenvalue weighted by Crippen LogP contribution is -2.42. The summed E-state index contributed by atoms with van der Waals surface area (Å²) in [4.78, 5) is 19.1. The fraction of sp³-hybridized carbons (Fsp3) is 0.417. The highest BCUT2D eigenvalue weighted by Gasteiger charge is 2.33. The second kappa shape index (κ2) is 8.91. The van der Waals surface area contributed by atoms with Crippen LogP contribution in [0.1, 0.15) is 39.2 Å². The number of nitrogens with zero attached hydrogens (tertiary/aromatic N) is 3. The fourth-order valence-corrected chi connectivity index (χ4v) is 4.09. The van der Waals surface area contributed by atoms with Crippen molar-refractivity contribution in [3.8, 4) is 6.01 Å². The molecule has 0 unspecified atom stereocenters. The highest BCUT2D eigenvalue weighted by Crippen LogP contribution is 2.26. The van der Waals surface area contributed by atoms with Gasteiger partial charge in [0.25, 0.3) is 6.01 Å². The predicted octanol–water partition coefficient (Wildman–Crippen LogP) is 5.63. The molecule has 0 spiro atoms. The summed E-state index contributed by atoms with van der Waals surface area (Å²) in [6.07, 6.45) is 1.57. The van der Waals surface area contributed by atoms with E-state index in [-0.39, 0.29) is 12.1 Å². The molecule has 0 radical (unpaired) electrons. The van der Waals surface area contributed by atoms with E-state index in [0.29, 0.717) is 25.7 Å². The van der Waals surface area contributed by atoms with Crippen LogP contribution in [0.25, 0.3) is 11.0 Å². The van der Waals surface area contributed by atoms with Crippen LogP contribution < -0.4 is 4.74 Å². The standard InChI is InChI=1S/C24H28BrN3O3/c1-24(2,3)31-23(29)27-14-6-7-19(27)16-30-22-26-20-8-4-5-9-21(20)28(22)15-17-10-12-18(25)13-11-17/h4-5,8-13,19H,6-7,14-16H2,1-3H3/t19-/m1/s1. The Morgan fingerprint density at radius 2 is 1.90 bits per heavy atom. The second-order valence-electron chi connectivity index (χ2n) is 8.88. The van der Waals surface area contributed by atoms with Gasteiger partial charge in [-0.15, -0.1) is 0 Å². The summed E-state index contributed by atoms with van der Waals surface area (Å²) in [5.74, 6) is 0. The van der Waals surface area contributed by atoms with Gasteiger partial charge < -0.3 is 14.4 Å². The van der Waals surface area contributed by atoms with Gasteiger partial charge in [-0.25, -0.2) is 4.79 Å². The molecule has 1 fully saturated rings. The minimum Gasteiger partial charge on any atom is -0.462 e. The van der Waals surface area contributed by atoms with Crippen LogP contribution in [0, 0.1) is 0 Å². The number of carbonyl (C=O) groups is 1. The van der Waals surface area contributed by atoms with E-state index in [0.717, 1.165) is 33.9 Å². The van der Waals surface area contributed by atoms with E-state index in [1.807, 2.05) is 51.1 Å². The fourth-order valence-electron chi connectivity index (χ4n) is 3.83. The van der Waals surface area contributed by atoms with Crippen molar-refractivity contribution in [2.75, 3.05) is 13.2 Å². The molecular formula is C24H28BrN3O3. The number of halogens is 1. The molecule has 7 heteroatoms. The van der Waals surface area contributed by atoms with Gasteiger partial charge in [-0.2, -0.15) is 4.98 Å². The normalized spacial score (nSPS) is 16.6. The van der Waals surface area contributed by atoms with Gasteiger partial charge in [0, 0.05) is 11.0 Å². The molecule has 31 heavy (non-hydrogen) atoms. The lowest BCUT2D eigenvalue weighted by Gasteiger charge is -2.28. The lowest BCUT2D eigenvalue weighted by atomic mass is 10.2. The quantitative estimate of drug-likeness (QED) is 0.470. The van der Waals surface area contributed by atoms with Crippen molar-refractivity contribution < 1.29 is 14.3 Å². The topological polar surface area (TPSA) is 56.6 Å². The Bertz CT molecular complexity index is 1060. The number of para-hydroxylation sites is 2. The third-order valence-electron chi connectivity index (χ3n) is 5.28. The minimum atomic E-state index is -0.510. The third-order valence-corrected chi connectivity index (χ3v) is 5.81. The first-order chi connectivity index (χ1) is 14.8. The maximum atomic E-state index is 12.6. The van der Waals surface area contributed by atoms with Crippen LogP contribution >= 0.6 is 15.9 Å². The van der Waals surface area contributed by atoms with E-state index < -0.39 is 5.60 Å². The molecule has 2 heterocycles. The van der Waals surface area contributed by atoms with E-state index in [4.69, 9.17) is 14.5 Å². The van der Waals surface area contributed by atoms with Crippen molar-refractivity contribution in [1.29, 1.82) is 0 Å². The van der Waals surface area contributed by atoms with Crippen molar-refractivity contribution in [2.24, 2.45) is 0 Å². The molecule has 1 amide bonds. The van der Waals surface area contributed by atoms with Crippen molar-refractivity contribution in [1.82, 2.24) is 14.5 Å². The van der Waals surface area contributed by atoms with E-state index in [9.17, 15) is 4.79 Å². The molecule has 1 saturated heterocycles. The first-order valence-electron chi connectivity index (χ1n) is 10.6. The highest BCUT2D eigenvalue weighted by atomic mass is 79.9. The number of benzene rings is 2. The number of imidazole rings is 1. The zero-order valence-corrected chi connectivity index (χ0v) is 19.8. The van der Waals surface area contributed by atoms with E-state index >= 15 is 0 Å². The van der Waals surface area contributed by atoms with Gasteiger partial charge in [0.1, 0.15) is 12.2 Å². The largest absolute Gasteiger partial charge is 0.462 e. The molecule has 2 aromatic carbocycles. The SMILES string of the molecule is CC(C)(C)OC(=O)N1CCC[C@@H]1COc1nc2ccccc2n1Cc1ccc(Br)cc1. The van der Waals surface area contributed by atoms with Gasteiger partial charge in [-0.1, -0.05) is 40.2 Å². The van der Waals surface area contributed by atoms with Crippen LogP contribution in [0.15, 0.2) is 53.0 Å². The van der Waals surface area contributed by atoms with Crippen LogP contribution in [0.2, 0.25) is 0 Å². The molecule has 1 atom stereocenters. The third kappa shape index (κ3) is 5.21. The van der Waals surface area contributed by atoms with E-state index in [1.165, 1.54) is 0 Å². The van der Waals surface area contributed by atoms with Crippen molar-refractivity contribution in [3.05, 3.63) is 58.6 Å². The van der Waals surface area contributed by atoms with Gasteiger partial charge in [-0.05, 0) is 63.4 Å². The molecule has 1 aliphatic rings. The average Bonchev–Trinajstić information content (AvgIpc) is 3.32. The Morgan fingerprint density at radius 3 is 2.65 bits per heavy atom.